The van der Waals surface area contributed by atoms with Gasteiger partial charge in [0.1, 0.15) is 24.1 Å². The Morgan fingerprint density at radius 1 is 1.21 bits per heavy atom. The van der Waals surface area contributed by atoms with Gasteiger partial charge in [-0.2, -0.15) is 5.26 Å². The molecular weight excluding hydrogens is 372 g/mol. The number of benzene rings is 1. The Morgan fingerprint density at radius 2 is 2.11 bits per heavy atom. The summed E-state index contributed by atoms with van der Waals surface area (Å²) in [7, 11) is 0. The second kappa shape index (κ2) is 8.33. The summed E-state index contributed by atoms with van der Waals surface area (Å²) >= 11 is 1.54. The van der Waals surface area contributed by atoms with Crippen molar-refractivity contribution in [2.45, 2.75) is 6.54 Å². The Balaban J connectivity index is 1.41. The van der Waals surface area contributed by atoms with Crippen LogP contribution >= 0.6 is 11.3 Å². The van der Waals surface area contributed by atoms with E-state index >= 15 is 0 Å². The SMILES string of the molecule is N#Cc1cnc(Nc2ccc(OCCn3ccnc3)cc2)nc1-c1cccs1. The van der Waals surface area contributed by atoms with Crippen molar-refractivity contribution in [2.24, 2.45) is 0 Å². The average molecular weight is 388 g/mol. The van der Waals surface area contributed by atoms with Crippen molar-refractivity contribution in [3.8, 4) is 22.4 Å². The molecule has 0 fully saturated rings. The van der Waals surface area contributed by atoms with Gasteiger partial charge < -0.3 is 14.6 Å². The van der Waals surface area contributed by atoms with Gasteiger partial charge in [-0.15, -0.1) is 11.3 Å². The second-order valence-electron chi connectivity index (χ2n) is 5.84. The highest BCUT2D eigenvalue weighted by molar-refractivity contribution is 7.13. The van der Waals surface area contributed by atoms with Gasteiger partial charge in [-0.3, -0.25) is 0 Å². The Hall–Kier alpha value is -3.70. The molecule has 0 saturated carbocycles. The number of aromatic nitrogens is 4. The lowest BCUT2D eigenvalue weighted by Crippen LogP contribution is -2.06. The Morgan fingerprint density at radius 3 is 2.82 bits per heavy atom. The van der Waals surface area contributed by atoms with Crippen molar-refractivity contribution < 1.29 is 4.74 Å². The largest absolute Gasteiger partial charge is 0.492 e. The number of nitrogens with zero attached hydrogens (tertiary/aromatic N) is 5. The first-order valence-electron chi connectivity index (χ1n) is 8.58. The van der Waals surface area contributed by atoms with Gasteiger partial charge in [0.2, 0.25) is 5.95 Å². The molecule has 0 saturated heterocycles. The van der Waals surface area contributed by atoms with Crippen LogP contribution in [0.15, 0.2) is 66.7 Å². The van der Waals surface area contributed by atoms with Crippen molar-refractivity contribution >= 4 is 23.0 Å². The average Bonchev–Trinajstić information content (AvgIpc) is 3.44. The fourth-order valence-corrected chi connectivity index (χ4v) is 3.30. The Bertz CT molecular complexity index is 1070. The molecule has 1 aromatic carbocycles. The Kier molecular flexibility index (Phi) is 5.26. The number of nitrogens with one attached hydrogen (secondary N) is 1. The third-order valence-electron chi connectivity index (χ3n) is 3.95. The summed E-state index contributed by atoms with van der Waals surface area (Å²) in [4.78, 5) is 13.7. The molecule has 3 heterocycles. The maximum Gasteiger partial charge on any atom is 0.227 e. The van der Waals surface area contributed by atoms with Crippen molar-refractivity contribution in [3.63, 3.8) is 0 Å². The minimum atomic E-state index is 0.441. The van der Waals surface area contributed by atoms with Gasteiger partial charge in [-0.05, 0) is 35.7 Å². The van der Waals surface area contributed by atoms with Gasteiger partial charge in [0.25, 0.3) is 0 Å². The molecule has 0 radical (unpaired) electrons. The van der Waals surface area contributed by atoms with E-state index in [4.69, 9.17) is 4.74 Å². The molecule has 8 heteroatoms. The molecule has 0 unspecified atom stereocenters. The molecule has 3 aromatic heterocycles. The standard InChI is InChI=1S/C20H16N6OS/c21-12-15-13-23-20(25-19(15)18-2-1-11-28-18)24-16-3-5-17(6-4-16)27-10-9-26-8-7-22-14-26/h1-8,11,13-14H,9-10H2,(H,23,24,25). The lowest BCUT2D eigenvalue weighted by molar-refractivity contribution is 0.298. The van der Waals surface area contributed by atoms with E-state index in [0.29, 0.717) is 23.8 Å². The zero-order chi connectivity index (χ0) is 19.2. The predicted octanol–water partition coefficient (Wildman–Crippen LogP) is 4.10. The van der Waals surface area contributed by atoms with Gasteiger partial charge in [0.05, 0.1) is 29.5 Å². The van der Waals surface area contributed by atoms with E-state index in [1.807, 2.05) is 52.5 Å². The topological polar surface area (TPSA) is 88.6 Å². The minimum Gasteiger partial charge on any atom is -0.492 e. The van der Waals surface area contributed by atoms with E-state index in [1.54, 1.807) is 12.5 Å². The third-order valence-corrected chi connectivity index (χ3v) is 4.83. The summed E-state index contributed by atoms with van der Waals surface area (Å²) in [5, 5.41) is 14.4. The Labute approximate surface area is 165 Å². The fraction of sp³-hybridized carbons (Fsp3) is 0.100. The van der Waals surface area contributed by atoms with E-state index in [0.717, 1.165) is 22.9 Å². The van der Waals surface area contributed by atoms with Gasteiger partial charge in [-0.1, -0.05) is 6.07 Å². The van der Waals surface area contributed by atoms with E-state index in [1.165, 1.54) is 17.5 Å². The first-order chi connectivity index (χ1) is 13.8. The molecule has 138 valence electrons. The van der Waals surface area contributed by atoms with Crippen molar-refractivity contribution in [2.75, 3.05) is 11.9 Å². The van der Waals surface area contributed by atoms with Crippen LogP contribution in [-0.4, -0.2) is 26.1 Å². The van der Waals surface area contributed by atoms with Gasteiger partial charge >= 0.3 is 0 Å². The molecule has 0 aliphatic heterocycles. The van der Waals surface area contributed by atoms with Crippen LogP contribution in [-0.2, 0) is 6.54 Å². The number of nitriles is 1. The van der Waals surface area contributed by atoms with E-state index < -0.39 is 0 Å². The van der Waals surface area contributed by atoms with Crippen molar-refractivity contribution in [3.05, 3.63) is 72.3 Å². The number of rotatable bonds is 7. The molecule has 1 N–H and O–H groups in total. The zero-order valence-corrected chi connectivity index (χ0v) is 15.6. The summed E-state index contributed by atoms with van der Waals surface area (Å²) in [5.41, 5.74) is 1.92. The fourth-order valence-electron chi connectivity index (χ4n) is 2.58. The smallest absolute Gasteiger partial charge is 0.227 e. The molecule has 28 heavy (non-hydrogen) atoms. The third kappa shape index (κ3) is 4.16. The molecule has 4 aromatic rings. The van der Waals surface area contributed by atoms with Crippen LogP contribution in [0.5, 0.6) is 5.75 Å². The van der Waals surface area contributed by atoms with Crippen LogP contribution in [0.4, 0.5) is 11.6 Å². The number of thiophene rings is 1. The van der Waals surface area contributed by atoms with Crippen molar-refractivity contribution in [1.82, 2.24) is 19.5 Å². The lowest BCUT2D eigenvalue weighted by atomic mass is 10.2. The molecule has 0 aliphatic carbocycles. The molecule has 0 aliphatic rings. The highest BCUT2D eigenvalue weighted by Gasteiger charge is 2.10. The minimum absolute atomic E-state index is 0.441. The molecule has 7 nitrogen and oxygen atoms in total. The van der Waals surface area contributed by atoms with Crippen molar-refractivity contribution in [1.29, 1.82) is 5.26 Å². The highest BCUT2D eigenvalue weighted by atomic mass is 32.1. The van der Waals surface area contributed by atoms with Crippen LogP contribution in [0, 0.1) is 11.3 Å². The van der Waals surface area contributed by atoms with E-state index in [-0.39, 0.29) is 0 Å². The molecular formula is C20H16N6OS. The van der Waals surface area contributed by atoms with E-state index in [2.05, 4.69) is 26.3 Å². The molecule has 0 amide bonds. The van der Waals surface area contributed by atoms with Crippen LogP contribution in [0.1, 0.15) is 5.56 Å². The molecule has 4 rings (SSSR count). The monoisotopic (exact) mass is 388 g/mol. The number of hydrogen-bond acceptors (Lipinski definition) is 7. The summed E-state index contributed by atoms with van der Waals surface area (Å²) in [6.45, 7) is 1.30. The number of anilines is 2. The molecule has 0 spiro atoms. The summed E-state index contributed by atoms with van der Waals surface area (Å²) in [5.74, 6) is 1.22. The number of imidazole rings is 1. The quantitative estimate of drug-likeness (QED) is 0.513. The van der Waals surface area contributed by atoms with Crippen LogP contribution in [0.2, 0.25) is 0 Å². The number of ether oxygens (including phenoxy) is 1. The van der Waals surface area contributed by atoms with Crippen LogP contribution in [0.25, 0.3) is 10.6 Å². The molecule has 0 atom stereocenters. The molecule has 0 bridgehead atoms. The maximum atomic E-state index is 9.30. The maximum absolute atomic E-state index is 9.30. The second-order valence-corrected chi connectivity index (χ2v) is 6.79. The zero-order valence-electron chi connectivity index (χ0n) is 14.8. The van der Waals surface area contributed by atoms with E-state index in [9.17, 15) is 5.26 Å². The highest BCUT2D eigenvalue weighted by Crippen LogP contribution is 2.27. The summed E-state index contributed by atoms with van der Waals surface area (Å²) < 4.78 is 7.70. The lowest BCUT2D eigenvalue weighted by Gasteiger charge is -2.09. The van der Waals surface area contributed by atoms with Gasteiger partial charge in [0, 0.05) is 18.1 Å². The normalized spacial score (nSPS) is 10.4. The first kappa shape index (κ1) is 17.7. The number of hydrogen-bond donors (Lipinski definition) is 1. The predicted molar refractivity (Wildman–Crippen MR) is 108 cm³/mol. The summed E-state index contributed by atoms with van der Waals surface area (Å²) in [6.07, 6.45) is 6.95. The van der Waals surface area contributed by atoms with Crippen LogP contribution in [0.3, 0.4) is 0 Å². The summed E-state index contributed by atoms with van der Waals surface area (Å²) in [6, 6.07) is 13.6. The van der Waals surface area contributed by atoms with Gasteiger partial charge in [-0.25, -0.2) is 15.0 Å². The van der Waals surface area contributed by atoms with Crippen LogP contribution < -0.4 is 10.1 Å². The van der Waals surface area contributed by atoms with Gasteiger partial charge in [0.15, 0.2) is 0 Å². The first-order valence-corrected chi connectivity index (χ1v) is 9.46.